The quantitative estimate of drug-likeness (QED) is 0.773. The van der Waals surface area contributed by atoms with Gasteiger partial charge < -0.3 is 15.2 Å². The zero-order valence-corrected chi connectivity index (χ0v) is 8.87. The first kappa shape index (κ1) is 9.98. The molecule has 1 unspecified atom stereocenters. The van der Waals surface area contributed by atoms with Gasteiger partial charge in [-0.05, 0) is 12.1 Å². The van der Waals surface area contributed by atoms with E-state index in [-0.39, 0.29) is 11.8 Å². The molecule has 80 valence electrons. The maximum Gasteiger partial charge on any atom is 0.169 e. The average molecular weight is 208 g/mol. The van der Waals surface area contributed by atoms with Crippen LogP contribution in [0.25, 0.3) is 0 Å². The predicted molar refractivity (Wildman–Crippen MR) is 54.1 cm³/mol. The Labute approximate surface area is 88.0 Å². The molecule has 2 rings (SSSR count). The molecule has 0 radical (unpaired) electrons. The van der Waals surface area contributed by atoms with Crippen LogP contribution in [0.5, 0.6) is 11.5 Å². The van der Waals surface area contributed by atoms with E-state index in [1.807, 2.05) is 6.07 Å². The predicted octanol–water partition coefficient (Wildman–Crippen LogP) is 0.573. The Morgan fingerprint density at radius 2 is 1.87 bits per heavy atom. The van der Waals surface area contributed by atoms with Crippen LogP contribution in [0.1, 0.15) is 28.4 Å². The highest BCUT2D eigenvalue weighted by atomic mass is 16.5. The van der Waals surface area contributed by atoms with Gasteiger partial charge in [0.1, 0.15) is 6.04 Å². The molecule has 0 spiro atoms. The van der Waals surface area contributed by atoms with Crippen molar-refractivity contribution in [3.05, 3.63) is 23.3 Å². The van der Waals surface area contributed by atoms with Crippen molar-refractivity contribution in [2.24, 2.45) is 0 Å². The molecule has 1 aromatic rings. The molecule has 0 amide bonds. The van der Waals surface area contributed by atoms with E-state index in [1.165, 1.54) is 0 Å². The molecule has 0 saturated carbocycles. The van der Waals surface area contributed by atoms with Crippen molar-refractivity contribution in [3.8, 4) is 11.5 Å². The number of methoxy groups -OCH3 is 2. The molecule has 0 heterocycles. The molecule has 3 N–H and O–H groups in total. The molecule has 4 nitrogen and oxygen atoms in total. The highest BCUT2D eigenvalue weighted by Gasteiger charge is 2.31. The van der Waals surface area contributed by atoms with Gasteiger partial charge in [-0.2, -0.15) is 0 Å². The number of benzene rings is 1. The van der Waals surface area contributed by atoms with Gasteiger partial charge >= 0.3 is 0 Å². The van der Waals surface area contributed by atoms with Gasteiger partial charge in [0, 0.05) is 11.1 Å². The standard InChI is InChI=1S/C11H13NO3/c1-14-10-3-6-7(4-11(10)15-2)9(13)5-8(6)12/h3-4,8H,5,12H2,1-2H3/p+1. The minimum atomic E-state index is 0.0345. The highest BCUT2D eigenvalue weighted by Crippen LogP contribution is 2.37. The third-order valence-corrected chi connectivity index (χ3v) is 2.73. The van der Waals surface area contributed by atoms with E-state index in [1.54, 1.807) is 20.3 Å². The lowest BCUT2D eigenvalue weighted by molar-refractivity contribution is -0.423. The summed E-state index contributed by atoms with van der Waals surface area (Å²) in [7, 11) is 3.14. The molecular weight excluding hydrogens is 194 g/mol. The number of Topliss-reactive ketones (excluding diaryl/α,β-unsaturated/α-hetero) is 1. The Bertz CT molecular complexity index is 415. The molecule has 0 saturated heterocycles. The SMILES string of the molecule is COc1cc2c(cc1OC)C([NH3+])CC2=O. The molecule has 15 heavy (non-hydrogen) atoms. The number of carbonyl (C=O) groups excluding carboxylic acids is 1. The number of quaternary nitrogens is 1. The molecule has 0 fully saturated rings. The smallest absolute Gasteiger partial charge is 0.169 e. The summed E-state index contributed by atoms with van der Waals surface area (Å²) in [6.07, 6.45) is 0.478. The average Bonchev–Trinajstić information content (AvgIpc) is 2.52. The number of ketones is 1. The number of ether oxygens (including phenoxy) is 2. The van der Waals surface area contributed by atoms with Gasteiger partial charge in [0.15, 0.2) is 17.3 Å². The Morgan fingerprint density at radius 3 is 2.47 bits per heavy atom. The van der Waals surface area contributed by atoms with Crippen LogP contribution in [0, 0.1) is 0 Å². The highest BCUT2D eigenvalue weighted by molar-refractivity contribution is 6.01. The van der Waals surface area contributed by atoms with Crippen LogP contribution in [-0.2, 0) is 0 Å². The lowest BCUT2D eigenvalue weighted by Gasteiger charge is -2.09. The minimum Gasteiger partial charge on any atom is -0.493 e. The van der Waals surface area contributed by atoms with Crippen molar-refractivity contribution < 1.29 is 20.0 Å². The van der Waals surface area contributed by atoms with E-state index in [9.17, 15) is 4.79 Å². The molecule has 1 aliphatic carbocycles. The van der Waals surface area contributed by atoms with E-state index in [0.29, 0.717) is 23.5 Å². The van der Waals surface area contributed by atoms with E-state index >= 15 is 0 Å². The van der Waals surface area contributed by atoms with Gasteiger partial charge in [-0.15, -0.1) is 0 Å². The van der Waals surface area contributed by atoms with Gasteiger partial charge in [-0.3, -0.25) is 4.79 Å². The third kappa shape index (κ3) is 1.47. The number of hydrogen-bond donors (Lipinski definition) is 1. The summed E-state index contributed by atoms with van der Waals surface area (Å²) in [6, 6.07) is 3.62. The summed E-state index contributed by atoms with van der Waals surface area (Å²) in [5.41, 5.74) is 5.61. The maximum atomic E-state index is 11.6. The Balaban J connectivity index is 2.58. The maximum absolute atomic E-state index is 11.6. The Hall–Kier alpha value is -1.55. The van der Waals surface area contributed by atoms with Crippen molar-refractivity contribution in [2.75, 3.05) is 14.2 Å². The van der Waals surface area contributed by atoms with Gasteiger partial charge in [0.25, 0.3) is 0 Å². The topological polar surface area (TPSA) is 63.2 Å². The Kier molecular flexibility index (Phi) is 2.36. The van der Waals surface area contributed by atoms with Crippen molar-refractivity contribution in [2.45, 2.75) is 12.5 Å². The van der Waals surface area contributed by atoms with Crippen LogP contribution in [0.2, 0.25) is 0 Å². The third-order valence-electron chi connectivity index (χ3n) is 2.73. The molecular formula is C11H14NO3+. The van der Waals surface area contributed by atoms with Crippen LogP contribution < -0.4 is 15.2 Å². The van der Waals surface area contributed by atoms with Gasteiger partial charge in [0.2, 0.25) is 0 Å². The zero-order valence-electron chi connectivity index (χ0n) is 8.87. The summed E-state index contributed by atoms with van der Waals surface area (Å²) in [5.74, 6) is 1.38. The van der Waals surface area contributed by atoms with Crippen LogP contribution in [0.3, 0.4) is 0 Å². The number of hydrogen-bond acceptors (Lipinski definition) is 3. The fraction of sp³-hybridized carbons (Fsp3) is 0.364. The Morgan fingerprint density at radius 1 is 1.27 bits per heavy atom. The van der Waals surface area contributed by atoms with Crippen LogP contribution >= 0.6 is 0 Å². The number of carbonyl (C=O) groups is 1. The van der Waals surface area contributed by atoms with Crippen molar-refractivity contribution in [1.82, 2.24) is 0 Å². The molecule has 1 atom stereocenters. The number of rotatable bonds is 2. The summed E-state index contributed by atoms with van der Waals surface area (Å²) in [6.45, 7) is 0. The second kappa shape index (κ2) is 3.55. The summed E-state index contributed by atoms with van der Waals surface area (Å²) in [5, 5.41) is 0. The van der Waals surface area contributed by atoms with E-state index in [4.69, 9.17) is 9.47 Å². The van der Waals surface area contributed by atoms with Crippen molar-refractivity contribution in [3.63, 3.8) is 0 Å². The first-order valence-corrected chi connectivity index (χ1v) is 4.79. The molecule has 0 aromatic heterocycles. The molecule has 4 heteroatoms. The lowest BCUT2D eigenvalue weighted by Crippen LogP contribution is -2.52. The summed E-state index contributed by atoms with van der Waals surface area (Å²) >= 11 is 0. The largest absolute Gasteiger partial charge is 0.493 e. The summed E-state index contributed by atoms with van der Waals surface area (Å²) < 4.78 is 10.3. The van der Waals surface area contributed by atoms with E-state index in [2.05, 4.69) is 5.73 Å². The van der Waals surface area contributed by atoms with Gasteiger partial charge in [0.05, 0.1) is 20.6 Å². The lowest BCUT2D eigenvalue weighted by atomic mass is 10.1. The fourth-order valence-corrected chi connectivity index (χ4v) is 1.92. The minimum absolute atomic E-state index is 0.0345. The van der Waals surface area contributed by atoms with E-state index in [0.717, 1.165) is 5.56 Å². The molecule has 0 bridgehead atoms. The van der Waals surface area contributed by atoms with Gasteiger partial charge in [-0.25, -0.2) is 0 Å². The van der Waals surface area contributed by atoms with Crippen molar-refractivity contribution in [1.29, 1.82) is 0 Å². The second-order valence-corrected chi connectivity index (χ2v) is 3.62. The molecule has 1 aromatic carbocycles. The monoisotopic (exact) mass is 208 g/mol. The molecule has 0 aliphatic heterocycles. The van der Waals surface area contributed by atoms with Gasteiger partial charge in [-0.1, -0.05) is 0 Å². The fourth-order valence-electron chi connectivity index (χ4n) is 1.92. The van der Waals surface area contributed by atoms with E-state index < -0.39 is 0 Å². The normalized spacial score (nSPS) is 18.9. The first-order valence-electron chi connectivity index (χ1n) is 4.79. The number of fused-ring (bicyclic) bond motifs is 1. The van der Waals surface area contributed by atoms with Crippen LogP contribution in [0.4, 0.5) is 0 Å². The van der Waals surface area contributed by atoms with Crippen molar-refractivity contribution >= 4 is 5.78 Å². The van der Waals surface area contributed by atoms with Crippen LogP contribution in [-0.4, -0.2) is 20.0 Å². The second-order valence-electron chi connectivity index (χ2n) is 3.62. The molecule has 1 aliphatic rings. The van der Waals surface area contributed by atoms with Crippen LogP contribution in [0.15, 0.2) is 12.1 Å². The summed E-state index contributed by atoms with van der Waals surface area (Å²) in [4.78, 5) is 11.6. The first-order chi connectivity index (χ1) is 7.17. The zero-order chi connectivity index (χ0) is 11.0.